The Morgan fingerprint density at radius 2 is 1.82 bits per heavy atom. The lowest BCUT2D eigenvalue weighted by molar-refractivity contribution is 0.432. The number of ether oxygens (including phenoxy) is 1. The van der Waals surface area contributed by atoms with Gasteiger partial charge in [0.1, 0.15) is 0 Å². The van der Waals surface area contributed by atoms with E-state index in [1.54, 1.807) is 6.07 Å². The molecule has 1 heterocycles. The lowest BCUT2D eigenvalue weighted by Crippen LogP contribution is -2.01. The van der Waals surface area contributed by atoms with Gasteiger partial charge in [-0.1, -0.05) is 17.2 Å². The van der Waals surface area contributed by atoms with Crippen molar-refractivity contribution in [1.82, 2.24) is 15.2 Å². The van der Waals surface area contributed by atoms with E-state index in [9.17, 15) is 0 Å². The van der Waals surface area contributed by atoms with Gasteiger partial charge in [-0.25, -0.2) is 0 Å². The van der Waals surface area contributed by atoms with Crippen LogP contribution in [0.5, 0.6) is 11.8 Å². The molecule has 0 aliphatic rings. The molecule has 2 N–H and O–H groups in total. The van der Waals surface area contributed by atoms with Gasteiger partial charge in [0.25, 0.3) is 0 Å². The molecular formula is C12H14N4O. The largest absolute Gasteiger partial charge is 0.421 e. The zero-order valence-corrected chi connectivity index (χ0v) is 10.1. The molecule has 0 bridgehead atoms. The Hall–Kier alpha value is -2.17. The quantitative estimate of drug-likeness (QED) is 0.800. The number of aryl methyl sites for hydroxylation is 3. The van der Waals surface area contributed by atoms with Gasteiger partial charge in [-0.15, -0.1) is 5.10 Å². The number of para-hydroxylation sites is 1. The minimum atomic E-state index is 0.213. The van der Waals surface area contributed by atoms with Crippen LogP contribution in [-0.2, 0) is 0 Å². The van der Waals surface area contributed by atoms with Gasteiger partial charge in [0.2, 0.25) is 0 Å². The predicted octanol–water partition coefficient (Wildman–Crippen LogP) is 2.17. The normalized spacial score (nSPS) is 10.3. The van der Waals surface area contributed by atoms with Crippen LogP contribution in [0.15, 0.2) is 18.2 Å². The van der Waals surface area contributed by atoms with E-state index in [0.29, 0.717) is 11.4 Å². The summed E-state index contributed by atoms with van der Waals surface area (Å²) < 4.78 is 5.52. The van der Waals surface area contributed by atoms with Crippen molar-refractivity contribution in [2.75, 3.05) is 5.73 Å². The average Bonchev–Trinajstić information content (AvgIpc) is 2.30. The molecule has 0 fully saturated rings. The van der Waals surface area contributed by atoms with Crippen LogP contribution in [0.1, 0.15) is 17.0 Å². The number of hydrogen-bond donors (Lipinski definition) is 1. The van der Waals surface area contributed by atoms with Gasteiger partial charge in [0.15, 0.2) is 5.75 Å². The van der Waals surface area contributed by atoms with Crippen LogP contribution >= 0.6 is 0 Å². The molecule has 0 saturated heterocycles. The van der Waals surface area contributed by atoms with E-state index in [1.807, 2.05) is 32.9 Å². The van der Waals surface area contributed by atoms with Gasteiger partial charge in [-0.05, 0) is 32.4 Å². The fourth-order valence-electron chi connectivity index (χ4n) is 1.32. The molecule has 88 valence electrons. The van der Waals surface area contributed by atoms with Crippen LogP contribution in [0.3, 0.4) is 0 Å². The molecule has 0 aliphatic heterocycles. The van der Waals surface area contributed by atoms with E-state index in [-0.39, 0.29) is 6.01 Å². The third-order valence-corrected chi connectivity index (χ3v) is 2.56. The Morgan fingerprint density at radius 3 is 2.53 bits per heavy atom. The molecule has 0 aliphatic carbocycles. The first-order valence-corrected chi connectivity index (χ1v) is 5.29. The zero-order valence-electron chi connectivity index (χ0n) is 10.1. The summed E-state index contributed by atoms with van der Waals surface area (Å²) in [4.78, 5) is 4.19. The Morgan fingerprint density at radius 1 is 1.06 bits per heavy atom. The topological polar surface area (TPSA) is 73.9 Å². The van der Waals surface area contributed by atoms with E-state index < -0.39 is 0 Å². The molecule has 0 radical (unpaired) electrons. The van der Waals surface area contributed by atoms with E-state index in [2.05, 4.69) is 15.2 Å². The van der Waals surface area contributed by atoms with E-state index >= 15 is 0 Å². The smallest absolute Gasteiger partial charge is 0.341 e. The fraction of sp³-hybridized carbons (Fsp3) is 0.250. The Balaban J connectivity index is 2.31. The molecule has 17 heavy (non-hydrogen) atoms. The lowest BCUT2D eigenvalue weighted by atomic mass is 10.2. The Kier molecular flexibility index (Phi) is 2.91. The monoisotopic (exact) mass is 230 g/mol. The van der Waals surface area contributed by atoms with Crippen LogP contribution in [0.4, 0.5) is 5.69 Å². The summed E-state index contributed by atoms with van der Waals surface area (Å²) >= 11 is 0. The maximum absolute atomic E-state index is 5.90. The highest BCUT2D eigenvalue weighted by Gasteiger charge is 2.07. The van der Waals surface area contributed by atoms with Gasteiger partial charge >= 0.3 is 6.01 Å². The average molecular weight is 230 g/mol. The summed E-state index contributed by atoms with van der Waals surface area (Å²) in [7, 11) is 0. The highest BCUT2D eigenvalue weighted by molar-refractivity contribution is 5.58. The van der Waals surface area contributed by atoms with Crippen molar-refractivity contribution in [3.05, 3.63) is 35.2 Å². The van der Waals surface area contributed by atoms with Crippen LogP contribution in [-0.4, -0.2) is 15.2 Å². The van der Waals surface area contributed by atoms with Crippen molar-refractivity contribution < 1.29 is 4.74 Å². The third-order valence-electron chi connectivity index (χ3n) is 2.56. The maximum atomic E-state index is 5.90. The van der Waals surface area contributed by atoms with Gasteiger partial charge in [0.05, 0.1) is 17.1 Å². The van der Waals surface area contributed by atoms with Crippen LogP contribution in [0, 0.1) is 20.8 Å². The predicted molar refractivity (Wildman–Crippen MR) is 65.0 cm³/mol. The number of nitrogens with zero attached hydrogens (tertiary/aromatic N) is 3. The number of anilines is 1. The van der Waals surface area contributed by atoms with Crippen LogP contribution < -0.4 is 10.5 Å². The molecule has 0 saturated carbocycles. The molecule has 0 atom stereocenters. The number of aromatic nitrogens is 3. The molecule has 0 spiro atoms. The van der Waals surface area contributed by atoms with Gasteiger partial charge in [-0.3, -0.25) is 0 Å². The summed E-state index contributed by atoms with van der Waals surface area (Å²) in [5.41, 5.74) is 9.03. The van der Waals surface area contributed by atoms with Crippen LogP contribution in [0.25, 0.3) is 0 Å². The van der Waals surface area contributed by atoms with E-state index in [1.165, 1.54) is 0 Å². The summed E-state index contributed by atoms with van der Waals surface area (Å²) in [5.74, 6) is 0.551. The molecule has 0 amide bonds. The van der Waals surface area contributed by atoms with Crippen LogP contribution in [0.2, 0.25) is 0 Å². The number of rotatable bonds is 2. The SMILES string of the molecule is Cc1cccc(Oc2nnc(C)c(C)n2)c1N. The number of nitrogens with two attached hydrogens (primary N) is 1. The maximum Gasteiger partial charge on any atom is 0.341 e. The van der Waals surface area contributed by atoms with Crippen molar-refractivity contribution >= 4 is 5.69 Å². The summed E-state index contributed by atoms with van der Waals surface area (Å²) in [6, 6.07) is 5.78. The lowest BCUT2D eigenvalue weighted by Gasteiger charge is -2.08. The van der Waals surface area contributed by atoms with Crippen molar-refractivity contribution in [1.29, 1.82) is 0 Å². The number of hydrogen-bond acceptors (Lipinski definition) is 5. The Bertz CT molecular complexity index is 554. The first-order valence-electron chi connectivity index (χ1n) is 5.29. The minimum Gasteiger partial charge on any atom is -0.421 e. The first-order chi connectivity index (χ1) is 8.08. The number of benzene rings is 1. The molecular weight excluding hydrogens is 216 g/mol. The minimum absolute atomic E-state index is 0.213. The van der Waals surface area contributed by atoms with Gasteiger partial charge in [-0.2, -0.15) is 4.98 Å². The highest BCUT2D eigenvalue weighted by atomic mass is 16.5. The Labute approximate surface area is 99.7 Å². The van der Waals surface area contributed by atoms with Gasteiger partial charge < -0.3 is 10.5 Å². The number of nitrogen functional groups attached to an aromatic ring is 1. The summed E-state index contributed by atoms with van der Waals surface area (Å²) in [6.07, 6.45) is 0. The second-order valence-corrected chi connectivity index (χ2v) is 3.85. The van der Waals surface area contributed by atoms with E-state index in [4.69, 9.17) is 10.5 Å². The standard InChI is InChI=1S/C12H14N4O/c1-7-5-4-6-10(11(7)13)17-12-14-8(2)9(3)15-16-12/h4-6H,13H2,1-3H3. The molecule has 0 unspecified atom stereocenters. The van der Waals surface area contributed by atoms with Crippen molar-refractivity contribution in [2.45, 2.75) is 20.8 Å². The van der Waals surface area contributed by atoms with Crippen molar-refractivity contribution in [3.63, 3.8) is 0 Å². The molecule has 5 nitrogen and oxygen atoms in total. The molecule has 1 aromatic carbocycles. The second kappa shape index (κ2) is 4.37. The summed E-state index contributed by atoms with van der Waals surface area (Å²) in [6.45, 7) is 5.62. The van der Waals surface area contributed by atoms with Crippen molar-refractivity contribution in [3.8, 4) is 11.8 Å². The fourth-order valence-corrected chi connectivity index (χ4v) is 1.32. The first kappa shape index (κ1) is 11.3. The van der Waals surface area contributed by atoms with Crippen molar-refractivity contribution in [2.24, 2.45) is 0 Å². The molecule has 2 rings (SSSR count). The highest BCUT2D eigenvalue weighted by Crippen LogP contribution is 2.27. The third kappa shape index (κ3) is 2.33. The molecule has 5 heteroatoms. The summed E-state index contributed by atoms with van der Waals surface area (Å²) in [5, 5.41) is 7.81. The van der Waals surface area contributed by atoms with E-state index in [0.717, 1.165) is 17.0 Å². The second-order valence-electron chi connectivity index (χ2n) is 3.85. The molecule has 1 aromatic heterocycles. The molecule has 2 aromatic rings. The van der Waals surface area contributed by atoms with Gasteiger partial charge in [0, 0.05) is 0 Å². The zero-order chi connectivity index (χ0) is 12.4.